The lowest BCUT2D eigenvalue weighted by atomic mass is 9.61. The van der Waals surface area contributed by atoms with E-state index in [0.717, 1.165) is 11.3 Å². The molecule has 0 heterocycles. The third kappa shape index (κ3) is 7.29. The van der Waals surface area contributed by atoms with Crippen LogP contribution >= 0.6 is 23.4 Å². The molecule has 7 heteroatoms. The van der Waals surface area contributed by atoms with E-state index in [0.29, 0.717) is 19.8 Å². The summed E-state index contributed by atoms with van der Waals surface area (Å²) in [4.78, 5) is 0. The van der Waals surface area contributed by atoms with Crippen LogP contribution in [0.4, 0.5) is 0 Å². The van der Waals surface area contributed by atoms with Gasteiger partial charge in [0, 0.05) is 6.54 Å². The van der Waals surface area contributed by atoms with Crippen molar-refractivity contribution < 1.29 is 4.74 Å². The summed E-state index contributed by atoms with van der Waals surface area (Å²) in [5.41, 5.74) is 13.1. The number of ether oxygens (including phenoxy) is 1. The number of hydrogen-bond donors (Lipinski definition) is 2. The predicted molar refractivity (Wildman–Crippen MR) is 158 cm³/mol. The average molecular weight is 496 g/mol. The van der Waals surface area contributed by atoms with Crippen molar-refractivity contribution in [2.45, 2.75) is 13.2 Å². The summed E-state index contributed by atoms with van der Waals surface area (Å²) in [5, 5.41) is 6.05. The lowest BCUT2D eigenvalue weighted by Gasteiger charge is -2.15. The van der Waals surface area contributed by atoms with Gasteiger partial charge in [-0.1, -0.05) is 131 Å². The zero-order valence-electron chi connectivity index (χ0n) is 19.8. The smallest absolute Gasteiger partial charge is 0.294 e. The minimum absolute atomic E-state index is 0.105. The molecule has 0 radical (unpaired) electrons. The van der Waals surface area contributed by atoms with Gasteiger partial charge in [0.2, 0.25) is 0 Å². The van der Waals surface area contributed by atoms with E-state index in [4.69, 9.17) is 15.6 Å². The van der Waals surface area contributed by atoms with Crippen LogP contribution in [0.2, 0.25) is 0 Å². The number of rotatable bonds is 12. The normalized spacial score (nSPS) is 10.8. The maximum Gasteiger partial charge on any atom is 0.294 e. The summed E-state index contributed by atoms with van der Waals surface area (Å²) in [6.45, 7) is 1.79. The zero-order valence-corrected chi connectivity index (χ0v) is 21.4. The minimum Gasteiger partial charge on any atom is -0.372 e. The Kier molecular flexibility index (Phi) is 9.99. The molecule has 0 aliphatic carbocycles. The van der Waals surface area contributed by atoms with Crippen LogP contribution in [-0.2, 0) is 18.0 Å². The number of benzene rings is 4. The highest BCUT2D eigenvalue weighted by atomic mass is 32.2. The first-order chi connectivity index (χ1) is 17.3. The van der Waals surface area contributed by atoms with Crippen molar-refractivity contribution in [3.8, 4) is 0 Å². The topological polar surface area (TPSA) is 61.3 Å². The first-order valence-corrected chi connectivity index (χ1v) is 13.8. The Morgan fingerprint density at radius 2 is 1.09 bits per heavy atom. The lowest BCUT2D eigenvalue weighted by Crippen LogP contribution is -2.40. The third-order valence-electron chi connectivity index (χ3n) is 5.79. The Labute approximate surface area is 218 Å². The van der Waals surface area contributed by atoms with Gasteiger partial charge in [0.15, 0.2) is 0 Å². The van der Waals surface area contributed by atoms with Gasteiger partial charge in [0.25, 0.3) is 12.0 Å². The van der Waals surface area contributed by atoms with Crippen LogP contribution in [0, 0.1) is 0 Å². The van der Waals surface area contributed by atoms with Crippen molar-refractivity contribution in [3.63, 3.8) is 0 Å². The van der Waals surface area contributed by atoms with Crippen LogP contribution in [0.25, 0.3) is 0 Å². The monoisotopic (exact) mass is 496 g/mol. The van der Waals surface area contributed by atoms with Gasteiger partial charge in [-0.2, -0.15) is 11.6 Å². The highest BCUT2D eigenvalue weighted by molar-refractivity contribution is 8.28. The Morgan fingerprint density at radius 1 is 0.600 bits per heavy atom. The van der Waals surface area contributed by atoms with Gasteiger partial charge < -0.3 is 10.5 Å². The highest BCUT2D eigenvalue weighted by Gasteiger charge is 2.20. The van der Waals surface area contributed by atoms with Gasteiger partial charge >= 0.3 is 0 Å². The molecule has 0 atom stereocenters. The van der Waals surface area contributed by atoms with Gasteiger partial charge in [-0.15, -0.1) is 11.8 Å². The summed E-state index contributed by atoms with van der Waals surface area (Å²) in [6.07, 6.45) is 0. The molecule has 0 fully saturated rings. The van der Waals surface area contributed by atoms with E-state index in [-0.39, 0.29) is 12.0 Å². The minimum atomic E-state index is 0.105. The molecule has 0 aliphatic rings. The molecule has 4 N–H and O–H groups in total. The molecule has 4 rings (SSSR count). The van der Waals surface area contributed by atoms with E-state index < -0.39 is 0 Å². The van der Waals surface area contributed by atoms with Crippen LogP contribution in [0.1, 0.15) is 11.1 Å². The van der Waals surface area contributed by atoms with Gasteiger partial charge in [0.05, 0.1) is 13.2 Å². The Balaban J connectivity index is 1.42. The largest absolute Gasteiger partial charge is 0.372 e. The van der Waals surface area contributed by atoms with Crippen molar-refractivity contribution in [2.75, 3.05) is 12.3 Å². The Bertz CT molecular complexity index is 1180. The second-order valence-electron chi connectivity index (χ2n) is 8.36. The summed E-state index contributed by atoms with van der Waals surface area (Å²) < 4.78 is 6.14. The molecular formula is C28H30B2N2OS2. The molecule has 3 nitrogen and oxygen atoms in total. The fourth-order valence-corrected chi connectivity index (χ4v) is 5.83. The molecule has 0 saturated heterocycles. The van der Waals surface area contributed by atoms with Gasteiger partial charge in [-0.05, 0) is 16.9 Å². The molecule has 4 aromatic carbocycles. The molecule has 35 heavy (non-hydrogen) atoms. The van der Waals surface area contributed by atoms with Gasteiger partial charge in [0.1, 0.15) is 0 Å². The molecule has 0 aliphatic heterocycles. The Morgan fingerprint density at radius 3 is 1.60 bits per heavy atom. The molecule has 0 spiro atoms. The molecule has 0 amide bonds. The fourth-order valence-electron chi connectivity index (χ4n) is 4.15. The second-order valence-corrected chi connectivity index (χ2v) is 10.3. The molecule has 0 bridgehead atoms. The van der Waals surface area contributed by atoms with Crippen molar-refractivity contribution in [1.82, 2.24) is 0 Å². The van der Waals surface area contributed by atoms with E-state index in [9.17, 15) is 0 Å². The first kappa shape index (κ1) is 25.7. The van der Waals surface area contributed by atoms with E-state index in [2.05, 4.69) is 103 Å². The molecule has 176 valence electrons. The molecular weight excluding hydrogens is 466 g/mol. The van der Waals surface area contributed by atoms with Crippen molar-refractivity contribution in [3.05, 3.63) is 120 Å². The molecule has 0 aromatic heterocycles. The standard InChI is InChI=1S/C28H30B2N2OS2/c31-17-18-34-29(25-11-3-1-4-12-25)27-15-7-9-23(19-27)21-33-22-24-10-8-16-28(20-24)30(35-32)26-13-5-2-6-14-26/h1-16,19-20H,17-18,21-22,31-32H2. The van der Waals surface area contributed by atoms with Crippen LogP contribution in [0.3, 0.4) is 0 Å². The lowest BCUT2D eigenvalue weighted by molar-refractivity contribution is 0.107. The SMILES string of the molecule is NCCSB(c1ccccc1)c1cccc(COCc2cccc(B(SN)c3ccccc3)c2)c1. The van der Waals surface area contributed by atoms with Crippen molar-refractivity contribution in [2.24, 2.45) is 10.9 Å². The highest BCUT2D eigenvalue weighted by Crippen LogP contribution is 2.11. The van der Waals surface area contributed by atoms with E-state index in [1.165, 1.54) is 39.2 Å². The number of nitrogens with two attached hydrogens (primary N) is 2. The van der Waals surface area contributed by atoms with Crippen molar-refractivity contribution in [1.29, 1.82) is 0 Å². The summed E-state index contributed by atoms with van der Waals surface area (Å²) in [7, 11) is 0. The Hall–Kier alpha value is -2.41. The van der Waals surface area contributed by atoms with Crippen molar-refractivity contribution >= 4 is 57.2 Å². The molecule has 0 saturated carbocycles. The quantitative estimate of drug-likeness (QED) is 0.234. The molecule has 0 unspecified atom stereocenters. The number of hydrogen-bond acceptors (Lipinski definition) is 5. The summed E-state index contributed by atoms with van der Waals surface area (Å²) >= 11 is 3.25. The first-order valence-electron chi connectivity index (χ1n) is 11.8. The van der Waals surface area contributed by atoms with E-state index >= 15 is 0 Å². The second kappa shape index (κ2) is 13.6. The van der Waals surface area contributed by atoms with Gasteiger partial charge in [-0.3, -0.25) is 5.14 Å². The summed E-state index contributed by atoms with van der Waals surface area (Å²) in [5.74, 6) is 1.29. The van der Waals surface area contributed by atoms with Crippen LogP contribution < -0.4 is 32.7 Å². The third-order valence-corrected chi connectivity index (χ3v) is 7.95. The molecule has 4 aromatic rings. The zero-order chi connectivity index (χ0) is 24.3. The van der Waals surface area contributed by atoms with Crippen LogP contribution in [0.15, 0.2) is 109 Å². The summed E-state index contributed by atoms with van der Waals surface area (Å²) in [6, 6.07) is 38.2. The predicted octanol–water partition coefficient (Wildman–Crippen LogP) is 2.91. The van der Waals surface area contributed by atoms with Crippen LogP contribution in [0.5, 0.6) is 0 Å². The van der Waals surface area contributed by atoms with E-state index in [1.807, 2.05) is 17.7 Å². The maximum atomic E-state index is 6.14. The fraction of sp³-hybridized carbons (Fsp3) is 0.143. The maximum absolute atomic E-state index is 6.14. The van der Waals surface area contributed by atoms with E-state index in [1.54, 1.807) is 0 Å². The van der Waals surface area contributed by atoms with Crippen LogP contribution in [-0.4, -0.2) is 24.3 Å². The van der Waals surface area contributed by atoms with Gasteiger partial charge in [-0.25, -0.2) is 0 Å². The average Bonchev–Trinajstić information content (AvgIpc) is 2.91.